The van der Waals surface area contributed by atoms with E-state index in [4.69, 9.17) is 4.74 Å². The number of amides is 2. The molecule has 2 amide bonds. The number of nitrogens with one attached hydrogen (secondary N) is 2. The maximum atomic E-state index is 14.2. The Labute approximate surface area is 224 Å². The summed E-state index contributed by atoms with van der Waals surface area (Å²) in [5.74, 6) is -0.449. The summed E-state index contributed by atoms with van der Waals surface area (Å²) in [5.41, 5.74) is -0.576. The second-order valence-corrected chi connectivity index (χ2v) is 10.5. The van der Waals surface area contributed by atoms with Crippen LogP contribution in [0.25, 0.3) is 0 Å². The summed E-state index contributed by atoms with van der Waals surface area (Å²) in [6, 6.07) is 26.7. The van der Waals surface area contributed by atoms with Gasteiger partial charge in [-0.2, -0.15) is 0 Å². The topological polar surface area (TPSA) is 90.5 Å². The van der Waals surface area contributed by atoms with Gasteiger partial charge in [0, 0.05) is 43.0 Å². The second-order valence-electron chi connectivity index (χ2n) is 10.5. The zero-order chi connectivity index (χ0) is 26.4. The lowest BCUT2D eigenvalue weighted by atomic mass is 9.82. The van der Waals surface area contributed by atoms with Gasteiger partial charge in [0.1, 0.15) is 6.54 Å². The van der Waals surface area contributed by atoms with Crippen LogP contribution in [0, 0.1) is 5.92 Å². The molecular formula is C31H35N3O4. The molecule has 3 heterocycles. The van der Waals surface area contributed by atoms with Crippen LogP contribution in [0.15, 0.2) is 91.0 Å². The van der Waals surface area contributed by atoms with E-state index in [2.05, 4.69) is 10.6 Å². The lowest BCUT2D eigenvalue weighted by Crippen LogP contribution is -2.65. The summed E-state index contributed by atoms with van der Waals surface area (Å²) in [4.78, 5) is 25.8. The van der Waals surface area contributed by atoms with Crippen LogP contribution >= 0.6 is 0 Å². The number of rotatable bonds is 9. The molecule has 3 saturated heterocycles. The first-order chi connectivity index (χ1) is 18.5. The average Bonchev–Trinajstić information content (AvgIpc) is 2.97. The third kappa shape index (κ3) is 5.59. The van der Waals surface area contributed by atoms with E-state index in [-0.39, 0.29) is 18.1 Å². The fraction of sp³-hybridized carbons (Fsp3) is 0.355. The number of quaternary nitrogens is 1. The molecule has 1 unspecified atom stereocenters. The van der Waals surface area contributed by atoms with Gasteiger partial charge in [0.25, 0.3) is 0 Å². The maximum absolute atomic E-state index is 14.2. The van der Waals surface area contributed by atoms with E-state index in [9.17, 15) is 14.7 Å². The van der Waals surface area contributed by atoms with E-state index >= 15 is 0 Å². The van der Waals surface area contributed by atoms with Crippen LogP contribution in [0.2, 0.25) is 0 Å². The van der Waals surface area contributed by atoms with Crippen molar-refractivity contribution in [2.75, 3.05) is 38.0 Å². The molecule has 7 nitrogen and oxygen atoms in total. The Morgan fingerprint density at radius 3 is 2.00 bits per heavy atom. The van der Waals surface area contributed by atoms with E-state index < -0.39 is 11.6 Å². The van der Waals surface area contributed by atoms with Gasteiger partial charge in [-0.15, -0.1) is 0 Å². The minimum Gasteiger partial charge on any atom is -0.834 e. The Bertz CT molecular complexity index is 1170. The molecular weight excluding hydrogens is 478 g/mol. The van der Waals surface area contributed by atoms with E-state index in [0.717, 1.165) is 49.1 Å². The monoisotopic (exact) mass is 513 g/mol. The molecule has 198 valence electrons. The van der Waals surface area contributed by atoms with Gasteiger partial charge >= 0.3 is 12.0 Å². The van der Waals surface area contributed by atoms with Crippen molar-refractivity contribution in [1.82, 2.24) is 5.32 Å². The number of esters is 1. The van der Waals surface area contributed by atoms with E-state index in [1.54, 1.807) is 48.5 Å². The number of fused-ring (bicyclic) bond motifs is 3. The predicted molar refractivity (Wildman–Crippen MR) is 144 cm³/mol. The molecule has 0 aliphatic carbocycles. The normalized spacial score (nSPS) is 22.4. The number of piperidine rings is 3. The lowest BCUT2D eigenvalue weighted by molar-refractivity contribution is -0.946. The number of carbonyl (C=O) groups excluding carboxylic acids is 2. The molecule has 0 radical (unpaired) electrons. The van der Waals surface area contributed by atoms with Crippen molar-refractivity contribution in [2.45, 2.75) is 31.0 Å². The fourth-order valence-electron chi connectivity index (χ4n) is 5.95. The molecule has 0 spiro atoms. The molecule has 2 N–H and O–H groups in total. The number of hydrogen-bond donors (Lipinski definition) is 2. The number of hydrogen-bond acceptors (Lipinski definition) is 4. The largest absolute Gasteiger partial charge is 0.834 e. The molecule has 1 atom stereocenters. The van der Waals surface area contributed by atoms with Gasteiger partial charge in [0.15, 0.2) is 6.10 Å². The maximum Gasteiger partial charge on any atom is 0.319 e. The molecule has 6 rings (SSSR count). The van der Waals surface area contributed by atoms with Crippen molar-refractivity contribution >= 4 is 17.7 Å². The first-order valence-electron chi connectivity index (χ1n) is 13.5. The fourth-order valence-corrected chi connectivity index (χ4v) is 5.95. The van der Waals surface area contributed by atoms with Gasteiger partial charge in [-0.1, -0.05) is 78.9 Å². The highest BCUT2D eigenvalue weighted by atomic mass is 16.6. The predicted octanol–water partition coefficient (Wildman–Crippen LogP) is 3.65. The van der Waals surface area contributed by atoms with Crippen LogP contribution in [-0.4, -0.2) is 55.3 Å². The first kappa shape index (κ1) is 25.9. The molecule has 0 saturated carbocycles. The quantitative estimate of drug-likeness (QED) is 0.260. The van der Waals surface area contributed by atoms with Crippen molar-refractivity contribution in [3.63, 3.8) is 0 Å². The molecule has 38 heavy (non-hydrogen) atoms. The summed E-state index contributed by atoms with van der Waals surface area (Å²) >= 11 is 0. The van der Waals surface area contributed by atoms with Gasteiger partial charge in [-0.3, -0.25) is 4.79 Å². The van der Waals surface area contributed by atoms with Gasteiger partial charge < -0.3 is 25.0 Å². The Hall–Kier alpha value is -3.68. The van der Waals surface area contributed by atoms with E-state index in [0.29, 0.717) is 24.2 Å². The molecule has 3 aliphatic heterocycles. The van der Waals surface area contributed by atoms with E-state index in [1.165, 1.54) is 0 Å². The zero-order valence-corrected chi connectivity index (χ0v) is 21.6. The Morgan fingerprint density at radius 1 is 0.868 bits per heavy atom. The number of ether oxygens (including phenoxy) is 1. The Balaban J connectivity index is 1.20. The van der Waals surface area contributed by atoms with Gasteiger partial charge in [-0.05, 0) is 23.3 Å². The number of urea groups is 1. The molecule has 3 fully saturated rings. The number of anilines is 1. The highest BCUT2D eigenvalue weighted by Crippen LogP contribution is 2.37. The number of carbonyl (C=O) groups is 2. The zero-order valence-electron chi connectivity index (χ0n) is 21.6. The van der Waals surface area contributed by atoms with E-state index in [1.807, 2.05) is 42.5 Å². The Kier molecular flexibility index (Phi) is 7.77. The minimum atomic E-state index is -2.12. The number of benzene rings is 3. The molecule has 0 aromatic heterocycles. The summed E-state index contributed by atoms with van der Waals surface area (Å²) in [6.07, 6.45) is 2.50. The molecule has 3 aromatic rings. The third-order valence-corrected chi connectivity index (χ3v) is 8.07. The van der Waals surface area contributed by atoms with Crippen LogP contribution in [0.1, 0.15) is 30.4 Å². The van der Waals surface area contributed by atoms with Crippen molar-refractivity contribution < 1.29 is 23.9 Å². The minimum absolute atomic E-state index is 0.214. The van der Waals surface area contributed by atoms with Gasteiger partial charge in [-0.25, -0.2) is 4.79 Å². The van der Waals surface area contributed by atoms with Crippen molar-refractivity contribution in [3.05, 3.63) is 102 Å². The van der Waals surface area contributed by atoms with Gasteiger partial charge in [0.05, 0.1) is 19.6 Å². The standard InChI is InChI=1S/C31H35N3O4/c35-29(31(37,25-11-4-1-5-12-25)26-13-6-2-7-14-26)38-28-23-34(21-17-24(28)18-22-34)20-10-19-32-30(36)33-27-15-8-3-9-16-27/h1-9,11-16,24,28H,10,17-23H2,(H2,32,33,36). The van der Waals surface area contributed by atoms with Crippen LogP contribution < -0.4 is 15.7 Å². The SMILES string of the molecule is O=C(NCCC[N+]12CCC(CC1)C(OC(=O)C([O-])(c1ccccc1)c1ccccc1)C2)Nc1ccccc1. The second kappa shape index (κ2) is 11.4. The molecule has 3 aromatic carbocycles. The van der Waals surface area contributed by atoms with Crippen molar-refractivity contribution in [2.24, 2.45) is 5.92 Å². The van der Waals surface area contributed by atoms with Crippen LogP contribution in [-0.2, 0) is 15.1 Å². The smallest absolute Gasteiger partial charge is 0.319 e. The average molecular weight is 514 g/mol. The number of nitrogens with zero attached hydrogens (tertiary/aromatic N) is 1. The summed E-state index contributed by atoms with van der Waals surface area (Å²) in [5, 5.41) is 20.0. The van der Waals surface area contributed by atoms with Crippen molar-refractivity contribution in [3.8, 4) is 0 Å². The molecule has 3 aliphatic rings. The summed E-state index contributed by atoms with van der Waals surface area (Å²) < 4.78 is 6.95. The lowest BCUT2D eigenvalue weighted by Gasteiger charge is -2.53. The number of para-hydroxylation sites is 1. The first-order valence-corrected chi connectivity index (χ1v) is 13.5. The highest BCUT2D eigenvalue weighted by molar-refractivity contribution is 5.89. The molecule has 7 heteroatoms. The van der Waals surface area contributed by atoms with Crippen LogP contribution in [0.5, 0.6) is 0 Å². The molecule has 2 bridgehead atoms. The summed E-state index contributed by atoms with van der Waals surface area (Å²) in [7, 11) is 0. The van der Waals surface area contributed by atoms with Crippen molar-refractivity contribution in [1.29, 1.82) is 0 Å². The Morgan fingerprint density at radius 2 is 1.42 bits per heavy atom. The third-order valence-electron chi connectivity index (χ3n) is 8.07. The highest BCUT2D eigenvalue weighted by Gasteiger charge is 2.48. The summed E-state index contributed by atoms with van der Waals surface area (Å²) in [6.45, 7) is 4.25. The van der Waals surface area contributed by atoms with Gasteiger partial charge in [0.2, 0.25) is 0 Å². The van der Waals surface area contributed by atoms with Crippen LogP contribution in [0.3, 0.4) is 0 Å². The van der Waals surface area contributed by atoms with Crippen LogP contribution in [0.4, 0.5) is 10.5 Å².